The Bertz CT molecular complexity index is 1310. The largest absolute Gasteiger partial charge is 0.416 e. The Labute approximate surface area is 215 Å². The fourth-order valence-corrected chi connectivity index (χ4v) is 6.02. The summed E-state index contributed by atoms with van der Waals surface area (Å²) < 4.78 is 54.9. The van der Waals surface area contributed by atoms with Crippen LogP contribution in [0.4, 0.5) is 17.6 Å². The number of primary amides is 1. The first-order valence-corrected chi connectivity index (χ1v) is 12.9. The van der Waals surface area contributed by atoms with Gasteiger partial charge in [0.25, 0.3) is 0 Å². The predicted molar refractivity (Wildman–Crippen MR) is 130 cm³/mol. The normalized spacial score (nSPS) is 21.6. The van der Waals surface area contributed by atoms with Gasteiger partial charge >= 0.3 is 6.18 Å². The Kier molecular flexibility index (Phi) is 6.73. The van der Waals surface area contributed by atoms with E-state index in [1.807, 2.05) is 11.6 Å². The highest BCUT2D eigenvalue weighted by atomic mass is 32.2. The molecule has 2 N–H and O–H groups in total. The molecule has 2 aliphatic rings. The zero-order valence-corrected chi connectivity index (χ0v) is 20.9. The van der Waals surface area contributed by atoms with Gasteiger partial charge in [-0.15, -0.1) is 10.2 Å². The van der Waals surface area contributed by atoms with E-state index in [2.05, 4.69) is 20.1 Å². The Morgan fingerprint density at radius 3 is 2.73 bits per heavy atom. The van der Waals surface area contributed by atoms with Gasteiger partial charge in [-0.25, -0.2) is 4.39 Å². The van der Waals surface area contributed by atoms with Crippen molar-refractivity contribution in [2.24, 2.45) is 18.2 Å². The lowest BCUT2D eigenvalue weighted by Gasteiger charge is -2.16. The van der Waals surface area contributed by atoms with Crippen molar-refractivity contribution in [2.75, 3.05) is 25.4 Å². The number of alkyl halides is 3. The maximum atomic E-state index is 14.5. The lowest BCUT2D eigenvalue weighted by atomic mass is 9.97. The molecule has 3 aromatic rings. The van der Waals surface area contributed by atoms with E-state index in [-0.39, 0.29) is 11.3 Å². The van der Waals surface area contributed by atoms with Gasteiger partial charge in [-0.1, -0.05) is 17.8 Å². The molecule has 0 bridgehead atoms. The Morgan fingerprint density at radius 1 is 1.24 bits per heavy atom. The van der Waals surface area contributed by atoms with Crippen LogP contribution in [-0.4, -0.2) is 55.9 Å². The number of benzene rings is 1. The molecule has 2 atom stereocenters. The van der Waals surface area contributed by atoms with Crippen LogP contribution in [0.15, 0.2) is 41.7 Å². The van der Waals surface area contributed by atoms with E-state index in [1.54, 1.807) is 23.9 Å². The second-order valence-electron chi connectivity index (χ2n) is 9.74. The fraction of sp³-hybridized carbons (Fsp3) is 0.440. The minimum Gasteiger partial charge on any atom is -0.366 e. The van der Waals surface area contributed by atoms with Crippen molar-refractivity contribution >= 4 is 17.7 Å². The molecule has 7 nitrogen and oxygen atoms in total. The SMILES string of the molecule is Cn1c(SCCCN2CCC3(CC3c3ccc(C(F)(F)F)cc3F)C2)nnc1-c1ccc(C(N)=O)cn1. The molecular formula is C25H26F4N6OS. The number of pyridine rings is 1. The van der Waals surface area contributed by atoms with Gasteiger partial charge in [0.1, 0.15) is 11.5 Å². The van der Waals surface area contributed by atoms with Crippen LogP contribution in [0.25, 0.3) is 11.5 Å². The number of thioether (sulfide) groups is 1. The van der Waals surface area contributed by atoms with Crippen LogP contribution in [0.2, 0.25) is 0 Å². The zero-order chi connectivity index (χ0) is 26.4. The highest BCUT2D eigenvalue weighted by Gasteiger charge is 2.58. The number of hydrogen-bond acceptors (Lipinski definition) is 6. The van der Waals surface area contributed by atoms with E-state index >= 15 is 0 Å². The van der Waals surface area contributed by atoms with E-state index in [4.69, 9.17) is 5.73 Å². The van der Waals surface area contributed by atoms with Gasteiger partial charge < -0.3 is 15.2 Å². The molecule has 3 heterocycles. The minimum absolute atomic E-state index is 0.0168. The summed E-state index contributed by atoms with van der Waals surface area (Å²) in [4.78, 5) is 17.8. The summed E-state index contributed by atoms with van der Waals surface area (Å²) in [7, 11) is 1.86. The van der Waals surface area contributed by atoms with Gasteiger partial charge in [-0.3, -0.25) is 9.78 Å². The third-order valence-electron chi connectivity index (χ3n) is 7.32. The van der Waals surface area contributed by atoms with Gasteiger partial charge in [-0.2, -0.15) is 13.2 Å². The summed E-state index contributed by atoms with van der Waals surface area (Å²) in [5, 5.41) is 9.22. The van der Waals surface area contributed by atoms with Crippen LogP contribution < -0.4 is 5.73 Å². The molecular weight excluding hydrogens is 508 g/mol. The average Bonchev–Trinajstić information content (AvgIpc) is 3.18. The molecule has 1 aliphatic heterocycles. The minimum atomic E-state index is -4.54. The zero-order valence-electron chi connectivity index (χ0n) is 20.1. The first kappa shape index (κ1) is 25.7. The molecule has 1 spiro atoms. The molecule has 37 heavy (non-hydrogen) atoms. The summed E-state index contributed by atoms with van der Waals surface area (Å²) in [6, 6.07) is 6.20. The number of hydrogen-bond donors (Lipinski definition) is 1. The topological polar surface area (TPSA) is 89.9 Å². The van der Waals surface area contributed by atoms with E-state index in [1.165, 1.54) is 12.3 Å². The standard InChI is InChI=1S/C25H26F4N6OS/c1-34-22(20-6-3-15(13-31-20)21(30)36)32-33-23(34)37-10-2-8-35-9-7-24(14-35)12-18(24)17-5-4-16(11-19(17)26)25(27,28)29/h3-6,11,13,18H,2,7-10,12,14H2,1H3,(H2,30,36). The van der Waals surface area contributed by atoms with E-state index in [9.17, 15) is 22.4 Å². The van der Waals surface area contributed by atoms with Gasteiger partial charge in [-0.05, 0) is 73.5 Å². The van der Waals surface area contributed by atoms with Gasteiger partial charge in [0.05, 0.1) is 11.1 Å². The second-order valence-corrected chi connectivity index (χ2v) is 10.8. The van der Waals surface area contributed by atoms with Crippen LogP contribution in [0.1, 0.15) is 46.7 Å². The number of rotatable bonds is 8. The van der Waals surface area contributed by atoms with Crippen LogP contribution >= 0.6 is 11.8 Å². The van der Waals surface area contributed by atoms with Crippen LogP contribution in [0, 0.1) is 11.2 Å². The number of carbonyl (C=O) groups is 1. The Hall–Kier alpha value is -2.99. The number of nitrogens with two attached hydrogens (primary N) is 1. The summed E-state index contributed by atoms with van der Waals surface area (Å²) in [5.41, 5.74) is 5.61. The summed E-state index contributed by atoms with van der Waals surface area (Å²) in [6.45, 7) is 2.63. The summed E-state index contributed by atoms with van der Waals surface area (Å²) in [6.07, 6.45) is -0.452. The number of likely N-dealkylation sites (tertiary alicyclic amines) is 1. The third-order valence-corrected chi connectivity index (χ3v) is 8.43. The molecule has 196 valence electrons. The molecule has 1 saturated carbocycles. The molecule has 1 saturated heterocycles. The van der Waals surface area contributed by atoms with Crippen molar-refractivity contribution in [1.82, 2.24) is 24.6 Å². The van der Waals surface area contributed by atoms with Crippen molar-refractivity contribution < 1.29 is 22.4 Å². The highest BCUT2D eigenvalue weighted by Crippen LogP contribution is 2.64. The van der Waals surface area contributed by atoms with Gasteiger partial charge in [0.2, 0.25) is 5.91 Å². The van der Waals surface area contributed by atoms with Crippen molar-refractivity contribution in [2.45, 2.75) is 36.5 Å². The fourth-order valence-electron chi connectivity index (χ4n) is 5.19. The Balaban J connectivity index is 1.10. The van der Waals surface area contributed by atoms with Crippen molar-refractivity contribution in [3.63, 3.8) is 0 Å². The molecule has 2 aromatic heterocycles. The number of carbonyl (C=O) groups excluding carboxylic acids is 1. The summed E-state index contributed by atoms with van der Waals surface area (Å²) >= 11 is 1.59. The van der Waals surface area contributed by atoms with Crippen LogP contribution in [0.3, 0.4) is 0 Å². The predicted octanol–water partition coefficient (Wildman–Crippen LogP) is 4.50. The molecule has 0 radical (unpaired) electrons. The number of aromatic nitrogens is 4. The maximum Gasteiger partial charge on any atom is 0.416 e. The lowest BCUT2D eigenvalue weighted by molar-refractivity contribution is -0.137. The number of halogens is 4. The molecule has 1 aromatic carbocycles. The van der Waals surface area contributed by atoms with E-state index < -0.39 is 23.5 Å². The Morgan fingerprint density at radius 2 is 2.05 bits per heavy atom. The number of nitrogens with zero attached hydrogens (tertiary/aromatic N) is 5. The quantitative estimate of drug-likeness (QED) is 0.260. The smallest absolute Gasteiger partial charge is 0.366 e. The average molecular weight is 535 g/mol. The van der Waals surface area contributed by atoms with E-state index in [0.717, 1.165) is 55.9 Å². The first-order chi connectivity index (χ1) is 17.6. The molecule has 5 rings (SSSR count). The molecule has 2 fully saturated rings. The summed E-state index contributed by atoms with van der Waals surface area (Å²) in [5.74, 6) is 0.113. The molecule has 1 aliphatic carbocycles. The highest BCUT2D eigenvalue weighted by molar-refractivity contribution is 7.99. The van der Waals surface area contributed by atoms with Gasteiger partial charge in [0.15, 0.2) is 11.0 Å². The van der Waals surface area contributed by atoms with Crippen molar-refractivity contribution in [3.05, 3.63) is 59.0 Å². The van der Waals surface area contributed by atoms with Crippen molar-refractivity contribution in [1.29, 1.82) is 0 Å². The third kappa shape index (κ3) is 5.22. The maximum absolute atomic E-state index is 14.5. The molecule has 12 heteroatoms. The number of amides is 1. The molecule has 2 unspecified atom stereocenters. The van der Waals surface area contributed by atoms with Gasteiger partial charge in [0, 0.05) is 25.5 Å². The van der Waals surface area contributed by atoms with E-state index in [0.29, 0.717) is 28.7 Å². The monoisotopic (exact) mass is 534 g/mol. The van der Waals surface area contributed by atoms with Crippen molar-refractivity contribution in [3.8, 4) is 11.5 Å². The first-order valence-electron chi connectivity index (χ1n) is 11.9. The molecule has 1 amide bonds. The second kappa shape index (κ2) is 9.71. The van der Waals surface area contributed by atoms with Crippen LogP contribution in [-0.2, 0) is 13.2 Å². The lowest BCUT2D eigenvalue weighted by Crippen LogP contribution is -2.23. The van der Waals surface area contributed by atoms with Crippen LogP contribution in [0.5, 0.6) is 0 Å².